The normalized spacial score (nSPS) is 14.2. The van der Waals surface area contributed by atoms with Crippen LogP contribution in [0.1, 0.15) is 5.56 Å². The quantitative estimate of drug-likeness (QED) is 0.876. The number of nitrogens with two attached hydrogens (primary N) is 1. The lowest BCUT2D eigenvalue weighted by Crippen LogP contribution is -2.12. The molecule has 1 aliphatic rings. The van der Waals surface area contributed by atoms with E-state index in [1.165, 1.54) is 0 Å². The van der Waals surface area contributed by atoms with Gasteiger partial charge in [-0.15, -0.1) is 0 Å². The second-order valence-electron chi connectivity index (χ2n) is 3.67. The lowest BCUT2D eigenvalue weighted by molar-refractivity contribution is -0.0159. The molecule has 0 spiro atoms. The Hall–Kier alpha value is -1.53. The SMILES string of the molecule is Nc1cc(-c2cc(Br)cc3c2OCOC3)no1. The second-order valence-corrected chi connectivity index (χ2v) is 4.58. The lowest BCUT2D eigenvalue weighted by atomic mass is 10.1. The Balaban J connectivity index is 2.18. The molecule has 1 aromatic heterocycles. The fourth-order valence-electron chi connectivity index (χ4n) is 1.79. The molecule has 6 heteroatoms. The van der Waals surface area contributed by atoms with Gasteiger partial charge in [-0.25, -0.2) is 0 Å². The minimum absolute atomic E-state index is 0.245. The first-order valence-corrected chi connectivity index (χ1v) is 5.79. The van der Waals surface area contributed by atoms with E-state index in [9.17, 15) is 0 Å². The third-order valence-electron chi connectivity index (χ3n) is 2.48. The largest absolute Gasteiger partial charge is 0.466 e. The van der Waals surface area contributed by atoms with Crippen LogP contribution in [-0.2, 0) is 11.3 Å². The van der Waals surface area contributed by atoms with E-state index in [0.717, 1.165) is 21.3 Å². The number of fused-ring (bicyclic) bond motifs is 1. The van der Waals surface area contributed by atoms with E-state index in [0.29, 0.717) is 12.3 Å². The highest BCUT2D eigenvalue weighted by atomic mass is 79.9. The van der Waals surface area contributed by atoms with Gasteiger partial charge in [0.05, 0.1) is 6.61 Å². The Bertz CT molecular complexity index is 568. The van der Waals surface area contributed by atoms with Crippen molar-refractivity contribution < 1.29 is 14.0 Å². The summed E-state index contributed by atoms with van der Waals surface area (Å²) in [4.78, 5) is 0. The van der Waals surface area contributed by atoms with Gasteiger partial charge < -0.3 is 19.7 Å². The molecule has 0 amide bonds. The molecule has 5 nitrogen and oxygen atoms in total. The van der Waals surface area contributed by atoms with E-state index in [-0.39, 0.29) is 12.7 Å². The van der Waals surface area contributed by atoms with Crippen molar-refractivity contribution in [3.8, 4) is 17.0 Å². The van der Waals surface area contributed by atoms with Gasteiger partial charge >= 0.3 is 0 Å². The molecule has 1 aromatic carbocycles. The zero-order valence-electron chi connectivity index (χ0n) is 8.77. The van der Waals surface area contributed by atoms with Gasteiger partial charge in [-0.3, -0.25) is 0 Å². The number of hydrogen-bond acceptors (Lipinski definition) is 5. The Morgan fingerprint density at radius 2 is 2.18 bits per heavy atom. The summed E-state index contributed by atoms with van der Waals surface area (Å²) in [5, 5.41) is 3.89. The van der Waals surface area contributed by atoms with E-state index < -0.39 is 0 Å². The van der Waals surface area contributed by atoms with Crippen molar-refractivity contribution in [1.82, 2.24) is 5.16 Å². The monoisotopic (exact) mass is 296 g/mol. The lowest BCUT2D eigenvalue weighted by Gasteiger charge is -2.20. The van der Waals surface area contributed by atoms with Crippen LogP contribution in [0.15, 0.2) is 27.2 Å². The zero-order chi connectivity index (χ0) is 11.8. The number of nitrogen functional groups attached to an aromatic ring is 1. The van der Waals surface area contributed by atoms with E-state index in [4.69, 9.17) is 19.7 Å². The first-order valence-electron chi connectivity index (χ1n) is 4.99. The van der Waals surface area contributed by atoms with Gasteiger partial charge in [-0.05, 0) is 12.1 Å². The van der Waals surface area contributed by atoms with Crippen LogP contribution >= 0.6 is 15.9 Å². The second kappa shape index (κ2) is 4.05. The first-order chi connectivity index (χ1) is 8.24. The summed E-state index contributed by atoms with van der Waals surface area (Å²) in [6, 6.07) is 5.55. The Morgan fingerprint density at radius 3 is 2.94 bits per heavy atom. The molecule has 0 saturated heterocycles. The summed E-state index contributed by atoms with van der Waals surface area (Å²) in [6.45, 7) is 0.768. The molecule has 0 bridgehead atoms. The molecular formula is C11H9BrN2O3. The average molecular weight is 297 g/mol. The van der Waals surface area contributed by atoms with Crippen LogP contribution in [-0.4, -0.2) is 11.9 Å². The number of aromatic nitrogens is 1. The third-order valence-corrected chi connectivity index (χ3v) is 2.94. The third kappa shape index (κ3) is 1.89. The van der Waals surface area contributed by atoms with Crippen molar-refractivity contribution in [3.05, 3.63) is 28.2 Å². The molecule has 1 aliphatic heterocycles. The number of nitrogens with zero attached hydrogens (tertiary/aromatic N) is 1. The molecule has 2 heterocycles. The van der Waals surface area contributed by atoms with Gasteiger partial charge in [0.2, 0.25) is 5.88 Å². The Kier molecular flexibility index (Phi) is 2.53. The summed E-state index contributed by atoms with van der Waals surface area (Å²) in [5.74, 6) is 1.05. The molecule has 0 atom stereocenters. The summed E-state index contributed by atoms with van der Waals surface area (Å²) in [5.41, 5.74) is 8.00. The number of ether oxygens (including phenoxy) is 2. The predicted octanol–water partition coefficient (Wildman–Crippen LogP) is 2.55. The molecule has 3 rings (SSSR count). The van der Waals surface area contributed by atoms with Crippen molar-refractivity contribution in [2.45, 2.75) is 6.61 Å². The molecule has 0 unspecified atom stereocenters. The van der Waals surface area contributed by atoms with Gasteiger partial charge in [0.25, 0.3) is 0 Å². The zero-order valence-corrected chi connectivity index (χ0v) is 10.4. The molecule has 17 heavy (non-hydrogen) atoms. The van der Waals surface area contributed by atoms with Crippen LogP contribution in [0.5, 0.6) is 5.75 Å². The van der Waals surface area contributed by atoms with Crippen LogP contribution in [0.3, 0.4) is 0 Å². The average Bonchev–Trinajstić information content (AvgIpc) is 2.74. The molecular weight excluding hydrogens is 288 g/mol. The van der Waals surface area contributed by atoms with Gasteiger partial charge in [-0.1, -0.05) is 21.1 Å². The van der Waals surface area contributed by atoms with Crippen LogP contribution < -0.4 is 10.5 Å². The highest BCUT2D eigenvalue weighted by Gasteiger charge is 2.19. The molecule has 0 saturated carbocycles. The maximum absolute atomic E-state index is 5.52. The standard InChI is InChI=1S/C11H9BrN2O3/c12-7-1-6-4-15-5-16-11(6)8(2-7)9-3-10(13)17-14-9/h1-3H,4-5,13H2. The van der Waals surface area contributed by atoms with Gasteiger partial charge in [-0.2, -0.15) is 0 Å². The minimum atomic E-state index is 0.245. The number of hydrogen-bond donors (Lipinski definition) is 1. The number of halogens is 1. The predicted molar refractivity (Wildman–Crippen MR) is 64.3 cm³/mol. The smallest absolute Gasteiger partial charge is 0.222 e. The Labute approximate surface area is 106 Å². The van der Waals surface area contributed by atoms with Crippen molar-refractivity contribution in [2.24, 2.45) is 0 Å². The maximum Gasteiger partial charge on any atom is 0.222 e. The van der Waals surface area contributed by atoms with Crippen LogP contribution in [0, 0.1) is 0 Å². The molecule has 0 aliphatic carbocycles. The highest BCUT2D eigenvalue weighted by Crippen LogP contribution is 2.38. The Morgan fingerprint density at radius 1 is 1.29 bits per heavy atom. The topological polar surface area (TPSA) is 70.5 Å². The van der Waals surface area contributed by atoms with Crippen molar-refractivity contribution in [3.63, 3.8) is 0 Å². The summed E-state index contributed by atoms with van der Waals surface area (Å²) in [7, 11) is 0. The molecule has 88 valence electrons. The van der Waals surface area contributed by atoms with Crippen LogP contribution in [0.4, 0.5) is 5.88 Å². The van der Waals surface area contributed by atoms with Crippen molar-refractivity contribution in [2.75, 3.05) is 12.5 Å². The van der Waals surface area contributed by atoms with E-state index in [1.54, 1.807) is 6.07 Å². The number of anilines is 1. The van der Waals surface area contributed by atoms with E-state index in [1.807, 2.05) is 12.1 Å². The number of rotatable bonds is 1. The minimum Gasteiger partial charge on any atom is -0.466 e. The summed E-state index contributed by atoms with van der Waals surface area (Å²) in [6.07, 6.45) is 0. The number of benzene rings is 1. The van der Waals surface area contributed by atoms with Gasteiger partial charge in [0.1, 0.15) is 11.4 Å². The van der Waals surface area contributed by atoms with Gasteiger partial charge in [0, 0.05) is 21.7 Å². The fourth-order valence-corrected chi connectivity index (χ4v) is 2.29. The van der Waals surface area contributed by atoms with E-state index in [2.05, 4.69) is 21.1 Å². The molecule has 2 N–H and O–H groups in total. The fraction of sp³-hybridized carbons (Fsp3) is 0.182. The molecule has 0 fully saturated rings. The first kappa shape index (κ1) is 10.6. The molecule has 0 radical (unpaired) electrons. The van der Waals surface area contributed by atoms with Crippen LogP contribution in [0.25, 0.3) is 11.3 Å². The summed E-state index contributed by atoms with van der Waals surface area (Å²) >= 11 is 3.44. The molecule has 2 aromatic rings. The maximum atomic E-state index is 5.52. The van der Waals surface area contributed by atoms with Gasteiger partial charge in [0.15, 0.2) is 6.79 Å². The van der Waals surface area contributed by atoms with Crippen LogP contribution in [0.2, 0.25) is 0 Å². The van der Waals surface area contributed by atoms with E-state index >= 15 is 0 Å². The van der Waals surface area contributed by atoms with Crippen molar-refractivity contribution in [1.29, 1.82) is 0 Å². The van der Waals surface area contributed by atoms with Crippen molar-refractivity contribution >= 4 is 21.8 Å². The summed E-state index contributed by atoms with van der Waals surface area (Å²) < 4.78 is 16.6. The highest BCUT2D eigenvalue weighted by molar-refractivity contribution is 9.10.